The smallest absolute Gasteiger partial charge is 0.270 e. The lowest BCUT2D eigenvalue weighted by Crippen LogP contribution is -2.51. The minimum Gasteiger partial charge on any atom is -0.398 e. The highest BCUT2D eigenvalue weighted by Gasteiger charge is 2.32. The number of likely N-dealkylation sites (N-methyl/N-ethyl adjacent to an activating group) is 1. The molecular weight excluding hydrogens is 296 g/mol. The second-order valence-corrected chi connectivity index (χ2v) is 7.08. The summed E-state index contributed by atoms with van der Waals surface area (Å²) in [5.41, 5.74) is 5.44. The van der Waals surface area contributed by atoms with E-state index < -0.39 is 14.9 Å². The van der Waals surface area contributed by atoms with E-state index in [1.807, 2.05) is 14.0 Å². The van der Waals surface area contributed by atoms with E-state index in [1.54, 1.807) is 0 Å². The molecule has 0 saturated carbocycles. The van der Waals surface area contributed by atoms with Gasteiger partial charge in [0.25, 0.3) is 5.69 Å². The molecule has 116 valence electrons. The molecule has 1 aliphatic heterocycles. The van der Waals surface area contributed by atoms with E-state index in [4.69, 9.17) is 5.73 Å². The number of nitrogens with zero attached hydrogens (tertiary/aromatic N) is 3. The minimum absolute atomic E-state index is 0.0205. The average molecular weight is 314 g/mol. The minimum atomic E-state index is -3.83. The van der Waals surface area contributed by atoms with Gasteiger partial charge in [0, 0.05) is 37.8 Å². The van der Waals surface area contributed by atoms with Crippen LogP contribution in [0.3, 0.4) is 0 Å². The molecule has 2 rings (SSSR count). The summed E-state index contributed by atoms with van der Waals surface area (Å²) in [6.45, 7) is 3.21. The number of rotatable bonds is 3. The van der Waals surface area contributed by atoms with Crippen LogP contribution >= 0.6 is 0 Å². The number of sulfonamides is 1. The summed E-state index contributed by atoms with van der Waals surface area (Å²) in [4.78, 5) is 12.0. The number of benzene rings is 1. The molecular formula is C12H18N4O4S. The largest absolute Gasteiger partial charge is 0.398 e. The topological polar surface area (TPSA) is 110 Å². The quantitative estimate of drug-likeness (QED) is 0.494. The second kappa shape index (κ2) is 5.58. The molecule has 1 aliphatic rings. The van der Waals surface area contributed by atoms with E-state index in [0.717, 1.165) is 6.07 Å². The number of hydrogen-bond acceptors (Lipinski definition) is 6. The Morgan fingerprint density at radius 1 is 1.38 bits per heavy atom. The number of non-ortho nitro benzene ring substituents is 1. The monoisotopic (exact) mass is 314 g/mol. The molecule has 8 nitrogen and oxygen atoms in total. The molecule has 0 amide bonds. The van der Waals surface area contributed by atoms with E-state index in [9.17, 15) is 18.5 Å². The number of nitro groups is 1. The Balaban J connectivity index is 2.40. The van der Waals surface area contributed by atoms with Crippen LogP contribution in [0.25, 0.3) is 0 Å². The van der Waals surface area contributed by atoms with Gasteiger partial charge >= 0.3 is 0 Å². The normalized spacial score (nSPS) is 21.3. The number of hydrogen-bond donors (Lipinski definition) is 1. The zero-order valence-electron chi connectivity index (χ0n) is 11.9. The van der Waals surface area contributed by atoms with Crippen LogP contribution in [0.5, 0.6) is 0 Å². The van der Waals surface area contributed by atoms with Crippen LogP contribution < -0.4 is 5.73 Å². The zero-order valence-corrected chi connectivity index (χ0v) is 12.7. The van der Waals surface area contributed by atoms with Gasteiger partial charge in [-0.25, -0.2) is 8.42 Å². The summed E-state index contributed by atoms with van der Waals surface area (Å²) in [5, 5.41) is 10.8. The Bertz CT molecular complexity index is 661. The summed E-state index contributed by atoms with van der Waals surface area (Å²) in [7, 11) is -1.90. The standard InChI is InChI=1S/C12H18N4O4S/c1-9-8-15(6-5-14(9)2)21(19,20)12-7-10(16(17)18)3-4-11(12)13/h3-4,7,9H,5-6,8,13H2,1-2H3. The molecule has 0 aromatic heterocycles. The fourth-order valence-electron chi connectivity index (χ4n) is 2.23. The Labute approximate surface area is 123 Å². The Morgan fingerprint density at radius 2 is 2.05 bits per heavy atom. The number of nitrogen functional groups attached to an aromatic ring is 1. The van der Waals surface area contributed by atoms with E-state index in [-0.39, 0.29) is 22.3 Å². The van der Waals surface area contributed by atoms with Crippen molar-refractivity contribution >= 4 is 21.4 Å². The zero-order chi connectivity index (χ0) is 15.8. The van der Waals surface area contributed by atoms with Gasteiger partial charge < -0.3 is 10.6 Å². The number of nitrogens with two attached hydrogens (primary N) is 1. The van der Waals surface area contributed by atoms with Crippen LogP contribution in [0.2, 0.25) is 0 Å². The van der Waals surface area contributed by atoms with Crippen molar-refractivity contribution in [2.75, 3.05) is 32.4 Å². The van der Waals surface area contributed by atoms with Crippen molar-refractivity contribution in [2.45, 2.75) is 17.9 Å². The van der Waals surface area contributed by atoms with Gasteiger partial charge in [-0.2, -0.15) is 4.31 Å². The third kappa shape index (κ3) is 2.99. The van der Waals surface area contributed by atoms with Gasteiger partial charge in [0.2, 0.25) is 10.0 Å². The maximum atomic E-state index is 12.6. The number of piperazine rings is 1. The van der Waals surface area contributed by atoms with Crippen LogP contribution in [0.1, 0.15) is 6.92 Å². The lowest BCUT2D eigenvalue weighted by Gasteiger charge is -2.36. The molecule has 1 heterocycles. The summed E-state index contributed by atoms with van der Waals surface area (Å²) >= 11 is 0. The van der Waals surface area contributed by atoms with E-state index >= 15 is 0 Å². The summed E-state index contributed by atoms with van der Waals surface area (Å²) in [6.07, 6.45) is 0. The van der Waals surface area contributed by atoms with Crippen LogP contribution in [-0.4, -0.2) is 55.3 Å². The first-order valence-corrected chi connectivity index (χ1v) is 7.92. The van der Waals surface area contributed by atoms with Crippen LogP contribution in [-0.2, 0) is 10.0 Å². The lowest BCUT2D eigenvalue weighted by molar-refractivity contribution is -0.385. The Morgan fingerprint density at radius 3 is 2.62 bits per heavy atom. The van der Waals surface area contributed by atoms with Crippen molar-refractivity contribution in [3.05, 3.63) is 28.3 Å². The molecule has 1 unspecified atom stereocenters. The van der Waals surface area contributed by atoms with Gasteiger partial charge in [-0.1, -0.05) is 0 Å². The van der Waals surface area contributed by atoms with Crippen molar-refractivity contribution in [3.63, 3.8) is 0 Å². The summed E-state index contributed by atoms with van der Waals surface area (Å²) in [6, 6.07) is 3.55. The first kappa shape index (κ1) is 15.7. The first-order valence-electron chi connectivity index (χ1n) is 6.48. The van der Waals surface area contributed by atoms with Gasteiger partial charge in [-0.15, -0.1) is 0 Å². The van der Waals surface area contributed by atoms with Gasteiger partial charge in [0.1, 0.15) is 4.90 Å². The molecule has 1 atom stereocenters. The third-order valence-corrected chi connectivity index (χ3v) is 5.67. The molecule has 1 saturated heterocycles. The second-order valence-electron chi connectivity index (χ2n) is 5.17. The van der Waals surface area contributed by atoms with E-state index in [2.05, 4.69) is 4.90 Å². The van der Waals surface area contributed by atoms with Gasteiger partial charge in [0.05, 0.1) is 10.6 Å². The maximum Gasteiger partial charge on any atom is 0.270 e. The molecule has 2 N–H and O–H groups in total. The molecule has 1 fully saturated rings. The Kier molecular flexibility index (Phi) is 4.17. The summed E-state index contributed by atoms with van der Waals surface area (Å²) in [5.74, 6) is 0. The molecule has 0 radical (unpaired) electrons. The molecule has 0 aliphatic carbocycles. The highest BCUT2D eigenvalue weighted by Crippen LogP contribution is 2.28. The summed E-state index contributed by atoms with van der Waals surface area (Å²) < 4.78 is 26.6. The number of nitro benzene ring substituents is 1. The predicted molar refractivity (Wildman–Crippen MR) is 78.4 cm³/mol. The third-order valence-electron chi connectivity index (χ3n) is 3.75. The maximum absolute atomic E-state index is 12.6. The molecule has 1 aromatic carbocycles. The van der Waals surface area contributed by atoms with Crippen LogP contribution in [0.4, 0.5) is 11.4 Å². The van der Waals surface area contributed by atoms with Gasteiger partial charge in [-0.05, 0) is 20.0 Å². The first-order chi connectivity index (χ1) is 9.73. The highest BCUT2D eigenvalue weighted by molar-refractivity contribution is 7.89. The molecule has 0 spiro atoms. The molecule has 1 aromatic rings. The fraction of sp³-hybridized carbons (Fsp3) is 0.500. The van der Waals surface area contributed by atoms with Crippen molar-refractivity contribution in [1.29, 1.82) is 0 Å². The molecule has 9 heteroatoms. The lowest BCUT2D eigenvalue weighted by atomic mass is 10.2. The van der Waals surface area contributed by atoms with Crippen molar-refractivity contribution in [3.8, 4) is 0 Å². The Hall–Kier alpha value is -1.71. The van der Waals surface area contributed by atoms with Crippen LogP contribution in [0.15, 0.2) is 23.1 Å². The highest BCUT2D eigenvalue weighted by atomic mass is 32.2. The van der Waals surface area contributed by atoms with E-state index in [0.29, 0.717) is 19.6 Å². The van der Waals surface area contributed by atoms with Crippen molar-refractivity contribution < 1.29 is 13.3 Å². The SMILES string of the molecule is CC1CN(S(=O)(=O)c2cc([N+](=O)[O-])ccc2N)CCN1C. The molecule has 0 bridgehead atoms. The van der Waals surface area contributed by atoms with Gasteiger partial charge in [-0.3, -0.25) is 10.1 Å². The average Bonchev–Trinajstić information content (AvgIpc) is 2.41. The van der Waals surface area contributed by atoms with Crippen molar-refractivity contribution in [2.24, 2.45) is 0 Å². The fourth-order valence-corrected chi connectivity index (χ4v) is 3.88. The van der Waals surface area contributed by atoms with Crippen molar-refractivity contribution in [1.82, 2.24) is 9.21 Å². The number of anilines is 1. The van der Waals surface area contributed by atoms with E-state index in [1.165, 1.54) is 16.4 Å². The van der Waals surface area contributed by atoms with Crippen LogP contribution in [0, 0.1) is 10.1 Å². The van der Waals surface area contributed by atoms with Gasteiger partial charge in [0.15, 0.2) is 0 Å². The predicted octanol–water partition coefficient (Wildman–Crippen LogP) is 0.502. The molecule has 21 heavy (non-hydrogen) atoms.